The van der Waals surface area contributed by atoms with Gasteiger partial charge in [-0.1, -0.05) is 58.0 Å². The molecule has 3 aromatic carbocycles. The number of piperidine rings is 1. The lowest BCUT2D eigenvalue weighted by molar-refractivity contribution is -0.165. The highest BCUT2D eigenvalue weighted by Gasteiger charge is 2.56. The zero-order valence-corrected chi connectivity index (χ0v) is 41.1. The van der Waals surface area contributed by atoms with Crippen molar-refractivity contribution in [2.75, 3.05) is 13.7 Å². The summed E-state index contributed by atoms with van der Waals surface area (Å²) in [5, 5.41) is 47.1. The number of H-pyrrole nitrogens is 2. The van der Waals surface area contributed by atoms with Crippen LogP contribution in [0.25, 0.3) is 44.5 Å². The van der Waals surface area contributed by atoms with Gasteiger partial charge in [0.1, 0.15) is 23.7 Å². The molecule has 74 heavy (non-hydrogen) atoms. The molecule has 2 aromatic heterocycles. The largest absolute Gasteiger partial charge is 0.479 e. The fourth-order valence-corrected chi connectivity index (χ4v) is 11.3. The summed E-state index contributed by atoms with van der Waals surface area (Å²) in [6, 6.07) is 13.5. The molecular weight excluding hydrogens is 967 g/mol. The standard InChI is InChI=1S/C48H52F2N8O6.C4H6O6/c1-23(2)38(56-46(63)64-5)43(59)57-22-47(14-15-47)20-37(57)41-51-21-36(54-41)27-8-12-31-30-11-7-25(17-32(30)48(49,50)33(31)18-27)26-9-13-34-35(19-26)53-42(52-34)40-28-6-10-29(16-28)58(40)44(60)39(24(3)4)55-45(61)62;5-1(3(7)8)2(6)4(9)10/h7-9,11-13,17-19,21,23-24,28-29,37-40,55H,6,10,14-16,20,22H2,1-5H3,(H,51,54)(H,52,53)(H,56,63)(H,61,62);1-2,5-6H,(H,7,8)(H,9,10). The predicted molar refractivity (Wildman–Crippen MR) is 260 cm³/mol. The van der Waals surface area contributed by atoms with Gasteiger partial charge in [-0.05, 0) is 108 Å². The number of aliphatic carboxylic acids is 2. The van der Waals surface area contributed by atoms with Crippen molar-refractivity contribution in [1.82, 2.24) is 40.4 Å². The van der Waals surface area contributed by atoms with Crippen molar-refractivity contribution in [1.29, 1.82) is 0 Å². The maximum atomic E-state index is 16.6. The Labute approximate surface area is 422 Å². The van der Waals surface area contributed by atoms with E-state index < -0.39 is 54.3 Å². The Balaban J connectivity index is 0.000000610. The summed E-state index contributed by atoms with van der Waals surface area (Å²) < 4.78 is 38.1. The molecule has 392 valence electrons. The highest BCUT2D eigenvalue weighted by atomic mass is 19.3. The number of nitrogens with one attached hydrogen (secondary N) is 4. The van der Waals surface area contributed by atoms with E-state index in [1.54, 1.807) is 29.3 Å². The number of likely N-dealkylation sites (tertiary alicyclic amines) is 2. The van der Waals surface area contributed by atoms with Crippen LogP contribution < -0.4 is 10.6 Å². The normalized spacial score (nSPS) is 22.1. The van der Waals surface area contributed by atoms with Gasteiger partial charge in [-0.25, -0.2) is 29.1 Å². The fourth-order valence-electron chi connectivity index (χ4n) is 11.3. The highest BCUT2D eigenvalue weighted by molar-refractivity contribution is 5.89. The maximum Gasteiger partial charge on any atom is 0.407 e. The van der Waals surface area contributed by atoms with Crippen LogP contribution in [-0.4, -0.2) is 135 Å². The Hall–Kier alpha value is -7.46. The number of methoxy groups -OCH3 is 1. The van der Waals surface area contributed by atoms with Crippen LogP contribution >= 0.6 is 0 Å². The Morgan fingerprint density at radius 3 is 1.96 bits per heavy atom. The number of aliphatic hydroxyl groups excluding tert-OH is 2. The number of carboxylic acids is 2. The van der Waals surface area contributed by atoms with Crippen molar-refractivity contribution in [2.24, 2.45) is 23.2 Å². The quantitative estimate of drug-likeness (QED) is 0.0617. The van der Waals surface area contributed by atoms with Crippen molar-refractivity contribution in [3.63, 3.8) is 0 Å². The van der Waals surface area contributed by atoms with Crippen LogP contribution in [0.1, 0.15) is 101 Å². The van der Waals surface area contributed by atoms with E-state index in [-0.39, 0.29) is 64.2 Å². The number of aromatic nitrogens is 4. The molecule has 4 heterocycles. The summed E-state index contributed by atoms with van der Waals surface area (Å²) in [6.07, 6.45) is 0.519. The van der Waals surface area contributed by atoms with Crippen molar-refractivity contribution < 1.29 is 67.8 Å². The van der Waals surface area contributed by atoms with Crippen LogP contribution in [0.3, 0.4) is 0 Å². The topological polar surface area (TPSA) is 301 Å². The van der Waals surface area contributed by atoms with Gasteiger partial charge in [-0.2, -0.15) is 8.78 Å². The molecule has 5 aromatic rings. The number of aliphatic hydroxyl groups is 2. The highest BCUT2D eigenvalue weighted by Crippen LogP contribution is 2.59. The van der Waals surface area contributed by atoms with Gasteiger partial charge in [0, 0.05) is 29.3 Å². The number of carbonyl (C=O) groups excluding carboxylic acids is 3. The Kier molecular flexibility index (Phi) is 13.5. The van der Waals surface area contributed by atoms with Gasteiger partial charge >= 0.3 is 24.1 Å². The van der Waals surface area contributed by atoms with Crippen LogP contribution in [0.4, 0.5) is 18.4 Å². The van der Waals surface area contributed by atoms with E-state index in [0.717, 1.165) is 44.1 Å². The minimum Gasteiger partial charge on any atom is -0.479 e. The van der Waals surface area contributed by atoms with Gasteiger partial charge in [-0.15, -0.1) is 0 Å². The second kappa shape index (κ2) is 19.4. The molecule has 4 fully saturated rings. The third-order valence-corrected chi connectivity index (χ3v) is 15.3. The summed E-state index contributed by atoms with van der Waals surface area (Å²) >= 11 is 0. The fraction of sp³-hybridized carbons (Fsp3) is 0.462. The molecule has 4 amide bonds. The first kappa shape index (κ1) is 51.4. The van der Waals surface area contributed by atoms with Crippen LogP contribution in [0, 0.1) is 23.2 Å². The van der Waals surface area contributed by atoms with E-state index in [1.165, 1.54) is 13.2 Å². The van der Waals surface area contributed by atoms with Gasteiger partial charge in [0.25, 0.3) is 5.92 Å². The van der Waals surface area contributed by atoms with E-state index >= 15 is 8.78 Å². The average molecular weight is 1030 g/mol. The molecule has 22 heteroatoms. The maximum absolute atomic E-state index is 16.6. The Morgan fingerprint density at radius 2 is 1.36 bits per heavy atom. The number of aromatic amines is 2. The van der Waals surface area contributed by atoms with Crippen molar-refractivity contribution in [2.45, 2.75) is 115 Å². The van der Waals surface area contributed by atoms with Gasteiger partial charge in [0.15, 0.2) is 12.2 Å². The molecule has 2 bridgehead atoms. The second-order valence-corrected chi connectivity index (χ2v) is 20.8. The zero-order valence-electron chi connectivity index (χ0n) is 41.1. The molecule has 1 spiro atoms. The number of carboxylic acid groups (broad SMARTS) is 3. The van der Waals surface area contributed by atoms with E-state index in [0.29, 0.717) is 57.2 Å². The van der Waals surface area contributed by atoms with E-state index in [2.05, 4.69) is 20.6 Å². The molecule has 8 unspecified atom stereocenters. The summed E-state index contributed by atoms with van der Waals surface area (Å²) in [5.74, 6) is -6.32. The third-order valence-electron chi connectivity index (χ3n) is 15.3. The number of amides is 4. The molecule has 3 aliphatic carbocycles. The minimum absolute atomic E-state index is 0.00484. The van der Waals surface area contributed by atoms with Crippen LogP contribution in [0.15, 0.2) is 60.8 Å². The molecule has 9 N–H and O–H groups in total. The third kappa shape index (κ3) is 9.39. The molecule has 0 radical (unpaired) electrons. The molecule has 5 aliphatic rings. The molecule has 10 rings (SSSR count). The molecule has 2 saturated carbocycles. The Morgan fingerprint density at radius 1 is 0.770 bits per heavy atom. The number of imidazole rings is 2. The predicted octanol–water partition coefficient (Wildman–Crippen LogP) is 6.40. The summed E-state index contributed by atoms with van der Waals surface area (Å²) in [5.41, 5.74) is 4.56. The number of nitrogens with zero attached hydrogens (tertiary/aromatic N) is 4. The molecular formula is C52H58F2N8O12. The number of benzene rings is 3. The lowest BCUT2D eigenvalue weighted by atomic mass is 9.95. The number of hydrogen-bond donors (Lipinski definition) is 9. The van der Waals surface area contributed by atoms with Crippen molar-refractivity contribution in [3.8, 4) is 33.5 Å². The lowest BCUT2D eigenvalue weighted by Gasteiger charge is -2.37. The monoisotopic (exact) mass is 1020 g/mol. The van der Waals surface area contributed by atoms with E-state index in [9.17, 15) is 33.9 Å². The van der Waals surface area contributed by atoms with Gasteiger partial charge in [-0.3, -0.25) is 9.59 Å². The molecule has 8 atom stereocenters. The first-order valence-corrected chi connectivity index (χ1v) is 24.5. The number of alkyl halides is 2. The minimum atomic E-state index is -3.29. The van der Waals surface area contributed by atoms with Gasteiger partial charge < -0.3 is 60.7 Å². The van der Waals surface area contributed by atoms with Crippen molar-refractivity contribution in [3.05, 3.63) is 83.6 Å². The zero-order chi connectivity index (χ0) is 53.3. The second-order valence-electron chi connectivity index (χ2n) is 20.8. The first-order valence-electron chi connectivity index (χ1n) is 24.5. The summed E-state index contributed by atoms with van der Waals surface area (Å²) in [4.78, 5) is 91.2. The molecule has 20 nitrogen and oxygen atoms in total. The van der Waals surface area contributed by atoms with Crippen LogP contribution in [0.2, 0.25) is 0 Å². The van der Waals surface area contributed by atoms with Gasteiger partial charge in [0.2, 0.25) is 11.8 Å². The molecule has 2 aliphatic heterocycles. The van der Waals surface area contributed by atoms with Gasteiger partial charge in [0.05, 0.1) is 42.1 Å². The number of ether oxygens (including phenoxy) is 1. The summed E-state index contributed by atoms with van der Waals surface area (Å²) in [7, 11) is 1.26. The summed E-state index contributed by atoms with van der Waals surface area (Å²) in [6.45, 7) is 7.94. The van der Waals surface area contributed by atoms with E-state index in [1.807, 2.05) is 62.9 Å². The number of alkyl carbamates (subject to hydrolysis) is 1. The van der Waals surface area contributed by atoms with Crippen LogP contribution in [-0.2, 0) is 29.8 Å². The Bertz CT molecular complexity index is 3040. The van der Waals surface area contributed by atoms with Crippen molar-refractivity contribution >= 4 is 47.0 Å². The first-order chi connectivity index (χ1) is 35.0. The number of fused-ring (bicyclic) bond motifs is 6. The number of halogens is 2. The smallest absolute Gasteiger partial charge is 0.407 e. The van der Waals surface area contributed by atoms with Crippen LogP contribution in [0.5, 0.6) is 0 Å². The number of rotatable bonds is 13. The lowest BCUT2D eigenvalue weighted by Crippen LogP contribution is -2.53. The number of carbonyl (C=O) groups is 6. The number of hydrogen-bond acceptors (Lipinski definition) is 11. The molecule has 2 saturated heterocycles. The SMILES string of the molecule is COC(=O)NC(C(=O)N1CC2(CC2)CC1c1ncc(-c2ccc3c(c2)C(F)(F)c2cc(-c4ccc5nc(C6C7CCC(C7)N6C(=O)C(NC(=O)O)C(C)C)[nH]c5c4)ccc2-3)[nH]1)C(C)C.O=C(O)C(O)C(O)C(=O)O. The average Bonchev–Trinajstić information content (AvgIpc) is 4.03. The van der Waals surface area contributed by atoms with E-state index in [4.69, 9.17) is 35.1 Å².